The molecule has 0 spiro atoms. The van der Waals surface area contributed by atoms with Gasteiger partial charge in [-0.2, -0.15) is 0 Å². The van der Waals surface area contributed by atoms with Crippen molar-refractivity contribution in [2.45, 2.75) is 0 Å². The Morgan fingerprint density at radius 3 is 1.86 bits per heavy atom. The van der Waals surface area contributed by atoms with Gasteiger partial charge in [-0.1, -0.05) is 158 Å². The van der Waals surface area contributed by atoms with Crippen molar-refractivity contribution >= 4 is 76.2 Å². The minimum Gasteiger partial charge on any atom is -0.456 e. The van der Waals surface area contributed by atoms with Crippen molar-refractivity contribution in [2.24, 2.45) is 0 Å². The van der Waals surface area contributed by atoms with Crippen LogP contribution in [0.4, 0.5) is 0 Å². The predicted molar refractivity (Wildman–Crippen MR) is 232 cm³/mol. The molecular formula is C52H31N3O. The Kier molecular flexibility index (Phi) is 6.60. The van der Waals surface area contributed by atoms with Crippen molar-refractivity contribution < 1.29 is 4.42 Å². The molecule has 0 bridgehead atoms. The summed E-state index contributed by atoms with van der Waals surface area (Å²) in [5, 5.41) is 10.2. The highest BCUT2D eigenvalue weighted by Gasteiger charge is 2.24. The van der Waals surface area contributed by atoms with Gasteiger partial charge in [0, 0.05) is 43.4 Å². The number of hydrogen-bond acceptors (Lipinski definition) is 3. The summed E-state index contributed by atoms with van der Waals surface area (Å²) >= 11 is 0. The lowest BCUT2D eigenvalue weighted by atomic mass is 9.93. The number of aromatic nitrogens is 3. The number of fused-ring (bicyclic) bond motifs is 10. The third kappa shape index (κ3) is 4.60. The fraction of sp³-hybridized carbons (Fsp3) is 0. The lowest BCUT2D eigenvalue weighted by Gasteiger charge is -2.16. The van der Waals surface area contributed by atoms with Crippen LogP contribution in [0.5, 0.6) is 0 Å². The van der Waals surface area contributed by atoms with Crippen molar-refractivity contribution in [2.75, 3.05) is 0 Å². The molecule has 4 heteroatoms. The van der Waals surface area contributed by atoms with Gasteiger partial charge in [0.1, 0.15) is 11.2 Å². The first-order valence-electron chi connectivity index (χ1n) is 19.0. The molecule has 12 rings (SSSR count). The monoisotopic (exact) mass is 713 g/mol. The standard InChI is InChI=1S/C52H31N3O/c1-2-12-32(13-3-1)33-22-24-35(25-23-33)49-42-19-8-10-20-45(42)53-52(54-49)55-50-39-17-7-4-14-34(39)26-28-41(50)44-30-36-15-5-6-16-38(36)48(51(44)55)37-27-29-47-43(31-37)40-18-9-11-21-46(40)56-47/h1-31H. The second kappa shape index (κ2) is 12.0. The van der Waals surface area contributed by atoms with E-state index in [1.165, 1.54) is 21.9 Å². The molecule has 0 aliphatic rings. The van der Waals surface area contributed by atoms with Gasteiger partial charge in [0.2, 0.25) is 5.95 Å². The summed E-state index contributed by atoms with van der Waals surface area (Å²) in [5.74, 6) is 0.633. The number of furan rings is 1. The third-order valence-electron chi connectivity index (χ3n) is 11.4. The number of hydrogen-bond donors (Lipinski definition) is 0. The zero-order chi connectivity index (χ0) is 36.7. The van der Waals surface area contributed by atoms with Gasteiger partial charge in [0.05, 0.1) is 22.2 Å². The Bertz CT molecular complexity index is 3520. The van der Waals surface area contributed by atoms with Gasteiger partial charge in [0.15, 0.2) is 0 Å². The van der Waals surface area contributed by atoms with Crippen LogP contribution in [0.2, 0.25) is 0 Å². The quantitative estimate of drug-likeness (QED) is 0.182. The second-order valence-electron chi connectivity index (χ2n) is 14.5. The maximum Gasteiger partial charge on any atom is 0.235 e. The Labute approximate surface area is 321 Å². The molecule has 0 atom stereocenters. The highest BCUT2D eigenvalue weighted by atomic mass is 16.3. The summed E-state index contributed by atoms with van der Waals surface area (Å²) in [6.07, 6.45) is 0. The van der Waals surface area contributed by atoms with Crippen molar-refractivity contribution in [1.29, 1.82) is 0 Å². The first kappa shape index (κ1) is 30.9. The number of nitrogens with zero attached hydrogens (tertiary/aromatic N) is 3. The van der Waals surface area contributed by atoms with Gasteiger partial charge in [-0.15, -0.1) is 0 Å². The Hall–Kier alpha value is -7.56. The van der Waals surface area contributed by atoms with Gasteiger partial charge in [-0.3, -0.25) is 4.57 Å². The summed E-state index contributed by atoms with van der Waals surface area (Å²) < 4.78 is 8.64. The summed E-state index contributed by atoms with van der Waals surface area (Å²) in [4.78, 5) is 11.0. The van der Waals surface area contributed by atoms with E-state index in [0.29, 0.717) is 5.95 Å². The topological polar surface area (TPSA) is 43.9 Å². The van der Waals surface area contributed by atoms with Crippen LogP contribution < -0.4 is 0 Å². The number of benzene rings is 9. The maximum atomic E-state index is 6.31. The molecule has 0 radical (unpaired) electrons. The molecule has 12 aromatic rings. The molecule has 9 aromatic carbocycles. The second-order valence-corrected chi connectivity index (χ2v) is 14.5. The van der Waals surface area contributed by atoms with E-state index in [0.717, 1.165) is 87.8 Å². The minimum atomic E-state index is 0.633. The highest BCUT2D eigenvalue weighted by molar-refractivity contribution is 6.25. The van der Waals surface area contributed by atoms with Crippen molar-refractivity contribution in [3.8, 4) is 39.5 Å². The van der Waals surface area contributed by atoms with E-state index in [4.69, 9.17) is 14.4 Å². The van der Waals surface area contributed by atoms with Gasteiger partial charge < -0.3 is 4.42 Å². The largest absolute Gasteiger partial charge is 0.456 e. The Morgan fingerprint density at radius 2 is 1.00 bits per heavy atom. The van der Waals surface area contributed by atoms with Crippen LogP contribution >= 0.6 is 0 Å². The fourth-order valence-corrected chi connectivity index (χ4v) is 8.81. The first-order chi connectivity index (χ1) is 27.8. The number of para-hydroxylation sites is 2. The van der Waals surface area contributed by atoms with E-state index < -0.39 is 0 Å². The van der Waals surface area contributed by atoms with Gasteiger partial charge >= 0.3 is 0 Å². The number of rotatable bonds is 4. The van der Waals surface area contributed by atoms with Crippen LogP contribution in [0, 0.1) is 0 Å². The molecule has 260 valence electrons. The molecule has 0 unspecified atom stereocenters. The SMILES string of the molecule is c1ccc(-c2ccc(-c3nc(-n4c5c(-c6ccc7oc8ccccc8c7c6)c6ccccc6cc5c5ccc6ccccc6c54)nc4ccccc34)cc2)cc1. The first-order valence-corrected chi connectivity index (χ1v) is 19.0. The molecule has 3 heterocycles. The molecule has 56 heavy (non-hydrogen) atoms. The van der Waals surface area contributed by atoms with Gasteiger partial charge in [-0.05, 0) is 63.2 Å². The van der Waals surface area contributed by atoms with E-state index in [2.05, 4.69) is 180 Å². The predicted octanol–water partition coefficient (Wildman–Crippen LogP) is 13.9. The molecule has 0 aliphatic heterocycles. The average Bonchev–Trinajstić information content (AvgIpc) is 3.81. The van der Waals surface area contributed by atoms with Crippen molar-refractivity contribution in [1.82, 2.24) is 14.5 Å². The zero-order valence-electron chi connectivity index (χ0n) is 30.1. The van der Waals surface area contributed by atoms with E-state index in [1.807, 2.05) is 12.1 Å². The average molecular weight is 714 g/mol. The van der Waals surface area contributed by atoms with E-state index in [9.17, 15) is 0 Å². The highest BCUT2D eigenvalue weighted by Crippen LogP contribution is 2.45. The van der Waals surface area contributed by atoms with Crippen molar-refractivity contribution in [3.63, 3.8) is 0 Å². The molecule has 0 fully saturated rings. The fourth-order valence-electron chi connectivity index (χ4n) is 8.81. The van der Waals surface area contributed by atoms with Gasteiger partial charge in [-0.25, -0.2) is 9.97 Å². The summed E-state index contributed by atoms with van der Waals surface area (Å²) in [6, 6.07) is 66.7. The maximum absolute atomic E-state index is 6.31. The van der Waals surface area contributed by atoms with Crippen LogP contribution in [0.25, 0.3) is 116 Å². The van der Waals surface area contributed by atoms with Crippen LogP contribution in [0.15, 0.2) is 192 Å². The third-order valence-corrected chi connectivity index (χ3v) is 11.4. The zero-order valence-corrected chi connectivity index (χ0v) is 30.1. The summed E-state index contributed by atoms with van der Waals surface area (Å²) in [5.41, 5.74) is 11.3. The minimum absolute atomic E-state index is 0.633. The van der Waals surface area contributed by atoms with E-state index in [-0.39, 0.29) is 0 Å². The molecule has 0 N–H and O–H groups in total. The molecular weight excluding hydrogens is 683 g/mol. The molecule has 0 saturated carbocycles. The summed E-state index contributed by atoms with van der Waals surface area (Å²) in [6.45, 7) is 0. The summed E-state index contributed by atoms with van der Waals surface area (Å²) in [7, 11) is 0. The van der Waals surface area contributed by atoms with E-state index in [1.54, 1.807) is 0 Å². The molecule has 0 amide bonds. The molecule has 3 aromatic heterocycles. The molecule has 4 nitrogen and oxygen atoms in total. The van der Waals surface area contributed by atoms with Crippen LogP contribution in [-0.2, 0) is 0 Å². The van der Waals surface area contributed by atoms with Crippen LogP contribution in [0.1, 0.15) is 0 Å². The van der Waals surface area contributed by atoms with Gasteiger partial charge in [0.25, 0.3) is 0 Å². The smallest absolute Gasteiger partial charge is 0.235 e. The van der Waals surface area contributed by atoms with Crippen molar-refractivity contribution in [3.05, 3.63) is 188 Å². The van der Waals surface area contributed by atoms with E-state index >= 15 is 0 Å². The Balaban J connectivity index is 1.22. The lowest BCUT2D eigenvalue weighted by molar-refractivity contribution is 0.669. The lowest BCUT2D eigenvalue weighted by Crippen LogP contribution is -2.04. The Morgan fingerprint density at radius 1 is 0.357 bits per heavy atom. The van der Waals surface area contributed by atoms with Crippen LogP contribution in [-0.4, -0.2) is 14.5 Å². The molecule has 0 aliphatic carbocycles. The molecule has 0 saturated heterocycles. The van der Waals surface area contributed by atoms with Crippen LogP contribution in [0.3, 0.4) is 0 Å². The normalized spacial score (nSPS) is 11.9.